The summed E-state index contributed by atoms with van der Waals surface area (Å²) in [5.41, 5.74) is 1.47. The van der Waals surface area contributed by atoms with Gasteiger partial charge in [0.1, 0.15) is 11.6 Å². The molecule has 0 saturated carbocycles. The van der Waals surface area contributed by atoms with Crippen molar-refractivity contribution in [2.75, 3.05) is 7.11 Å². The van der Waals surface area contributed by atoms with Gasteiger partial charge in [0.2, 0.25) is 5.88 Å². The van der Waals surface area contributed by atoms with Gasteiger partial charge in [-0.1, -0.05) is 31.2 Å². The minimum atomic E-state index is 0.415. The molecule has 2 rings (SSSR count). The van der Waals surface area contributed by atoms with Crippen LogP contribution >= 0.6 is 0 Å². The molecule has 3 nitrogen and oxygen atoms in total. The van der Waals surface area contributed by atoms with E-state index >= 15 is 0 Å². The molecule has 0 aliphatic heterocycles. The van der Waals surface area contributed by atoms with Gasteiger partial charge in [-0.3, -0.25) is 0 Å². The van der Waals surface area contributed by atoms with Crippen molar-refractivity contribution in [3.8, 4) is 11.9 Å². The molecular weight excluding hydrogens is 200 g/mol. The van der Waals surface area contributed by atoms with Crippen LogP contribution in [-0.4, -0.2) is 12.1 Å². The molecule has 0 aliphatic carbocycles. The third-order valence-electron chi connectivity index (χ3n) is 2.60. The Morgan fingerprint density at radius 3 is 2.56 bits per heavy atom. The third-order valence-corrected chi connectivity index (χ3v) is 2.60. The van der Waals surface area contributed by atoms with Crippen LogP contribution in [0.2, 0.25) is 0 Å². The SMILES string of the molecule is CCc1nc(OC)c(C#N)c2ccccc12. The normalized spacial score (nSPS) is 10.1. The largest absolute Gasteiger partial charge is 0.480 e. The standard InChI is InChI=1S/C13H12N2O/c1-3-12-10-7-5-4-6-9(10)11(8-14)13(15-12)16-2/h4-7H,3H2,1-2H3. The highest BCUT2D eigenvalue weighted by atomic mass is 16.5. The smallest absolute Gasteiger partial charge is 0.232 e. The van der Waals surface area contributed by atoms with E-state index in [2.05, 4.69) is 11.1 Å². The lowest BCUT2D eigenvalue weighted by Gasteiger charge is -2.09. The molecule has 1 heterocycles. The molecule has 16 heavy (non-hydrogen) atoms. The van der Waals surface area contributed by atoms with E-state index in [-0.39, 0.29) is 0 Å². The Bertz CT molecular complexity index is 570. The van der Waals surface area contributed by atoms with E-state index in [1.807, 2.05) is 31.2 Å². The molecular formula is C13H12N2O. The van der Waals surface area contributed by atoms with Crippen LogP contribution in [0.25, 0.3) is 10.8 Å². The fraction of sp³-hybridized carbons (Fsp3) is 0.231. The van der Waals surface area contributed by atoms with Crippen molar-refractivity contribution in [3.63, 3.8) is 0 Å². The van der Waals surface area contributed by atoms with Crippen molar-refractivity contribution in [2.24, 2.45) is 0 Å². The zero-order valence-corrected chi connectivity index (χ0v) is 9.32. The number of nitrogens with zero attached hydrogens (tertiary/aromatic N) is 2. The summed E-state index contributed by atoms with van der Waals surface area (Å²) in [6.07, 6.45) is 0.822. The zero-order valence-electron chi connectivity index (χ0n) is 9.32. The van der Waals surface area contributed by atoms with Crippen molar-refractivity contribution in [1.29, 1.82) is 5.26 Å². The van der Waals surface area contributed by atoms with Crippen LogP contribution < -0.4 is 4.74 Å². The molecule has 80 valence electrons. The highest BCUT2D eigenvalue weighted by Crippen LogP contribution is 2.27. The fourth-order valence-electron chi connectivity index (χ4n) is 1.83. The van der Waals surface area contributed by atoms with E-state index in [0.29, 0.717) is 11.4 Å². The van der Waals surface area contributed by atoms with Gasteiger partial charge >= 0.3 is 0 Å². The van der Waals surface area contributed by atoms with E-state index in [1.54, 1.807) is 0 Å². The monoisotopic (exact) mass is 212 g/mol. The van der Waals surface area contributed by atoms with Gasteiger partial charge in [0.05, 0.1) is 12.8 Å². The highest BCUT2D eigenvalue weighted by molar-refractivity contribution is 5.91. The van der Waals surface area contributed by atoms with Crippen LogP contribution in [0.15, 0.2) is 24.3 Å². The minimum absolute atomic E-state index is 0.415. The molecule has 0 spiro atoms. The van der Waals surface area contributed by atoms with Crippen molar-refractivity contribution in [1.82, 2.24) is 4.98 Å². The highest BCUT2D eigenvalue weighted by Gasteiger charge is 2.12. The molecule has 0 aliphatic rings. The first-order valence-electron chi connectivity index (χ1n) is 5.17. The first-order chi connectivity index (χ1) is 7.81. The molecule has 0 N–H and O–H groups in total. The summed E-state index contributed by atoms with van der Waals surface area (Å²) in [4.78, 5) is 4.36. The van der Waals surface area contributed by atoms with Crippen molar-refractivity contribution in [2.45, 2.75) is 13.3 Å². The van der Waals surface area contributed by atoms with E-state index < -0.39 is 0 Å². The lowest BCUT2D eigenvalue weighted by atomic mass is 10.0. The van der Waals surface area contributed by atoms with Gasteiger partial charge in [-0.2, -0.15) is 5.26 Å². The molecule has 0 saturated heterocycles. The Hall–Kier alpha value is -2.08. The zero-order chi connectivity index (χ0) is 11.5. The first kappa shape index (κ1) is 10.4. The van der Waals surface area contributed by atoms with E-state index in [1.165, 1.54) is 7.11 Å². The average molecular weight is 212 g/mol. The van der Waals surface area contributed by atoms with Gasteiger partial charge in [0.25, 0.3) is 0 Å². The van der Waals surface area contributed by atoms with Crippen LogP contribution in [0.5, 0.6) is 5.88 Å². The maximum atomic E-state index is 9.14. The van der Waals surface area contributed by atoms with Gasteiger partial charge in [-0.15, -0.1) is 0 Å². The quantitative estimate of drug-likeness (QED) is 0.768. The number of aryl methyl sites for hydroxylation is 1. The molecule has 0 amide bonds. The Morgan fingerprint density at radius 2 is 2.00 bits per heavy atom. The lowest BCUT2D eigenvalue weighted by Crippen LogP contribution is -1.98. The van der Waals surface area contributed by atoms with Crippen LogP contribution in [0.3, 0.4) is 0 Å². The number of hydrogen-bond donors (Lipinski definition) is 0. The molecule has 1 aromatic carbocycles. The predicted molar refractivity (Wildman–Crippen MR) is 62.4 cm³/mol. The van der Waals surface area contributed by atoms with E-state index in [9.17, 15) is 0 Å². The Kier molecular flexibility index (Phi) is 2.74. The topological polar surface area (TPSA) is 45.9 Å². The van der Waals surface area contributed by atoms with Crippen LogP contribution in [0, 0.1) is 11.3 Å². The van der Waals surface area contributed by atoms with Gasteiger partial charge in [-0.25, -0.2) is 4.98 Å². The van der Waals surface area contributed by atoms with Gasteiger partial charge in [0.15, 0.2) is 0 Å². The number of rotatable bonds is 2. The summed E-state index contributed by atoms with van der Waals surface area (Å²) < 4.78 is 5.15. The Labute approximate surface area is 94.3 Å². The first-order valence-corrected chi connectivity index (χ1v) is 5.17. The minimum Gasteiger partial charge on any atom is -0.480 e. The molecule has 0 fully saturated rings. The number of nitriles is 1. The number of methoxy groups -OCH3 is 1. The molecule has 1 aromatic heterocycles. The van der Waals surface area contributed by atoms with Crippen molar-refractivity contribution < 1.29 is 4.74 Å². The number of aromatic nitrogens is 1. The summed E-state index contributed by atoms with van der Waals surface area (Å²) in [7, 11) is 1.54. The summed E-state index contributed by atoms with van der Waals surface area (Å²) >= 11 is 0. The number of fused-ring (bicyclic) bond motifs is 1. The molecule has 2 aromatic rings. The van der Waals surface area contributed by atoms with Crippen molar-refractivity contribution >= 4 is 10.8 Å². The number of benzene rings is 1. The van der Waals surface area contributed by atoms with Crippen molar-refractivity contribution in [3.05, 3.63) is 35.5 Å². The molecule has 3 heteroatoms. The third kappa shape index (κ3) is 1.49. The molecule has 0 atom stereocenters. The second-order valence-electron chi connectivity index (χ2n) is 3.45. The Morgan fingerprint density at radius 1 is 1.31 bits per heavy atom. The maximum Gasteiger partial charge on any atom is 0.232 e. The predicted octanol–water partition coefficient (Wildman–Crippen LogP) is 2.68. The van der Waals surface area contributed by atoms with Gasteiger partial charge in [0, 0.05) is 10.8 Å². The maximum absolute atomic E-state index is 9.14. The number of pyridine rings is 1. The average Bonchev–Trinajstić information content (AvgIpc) is 2.36. The fourth-order valence-corrected chi connectivity index (χ4v) is 1.83. The molecule has 0 unspecified atom stereocenters. The molecule has 0 radical (unpaired) electrons. The summed E-state index contributed by atoms with van der Waals surface area (Å²) in [5, 5.41) is 11.1. The van der Waals surface area contributed by atoms with Gasteiger partial charge in [-0.05, 0) is 6.42 Å². The summed E-state index contributed by atoms with van der Waals surface area (Å²) in [5.74, 6) is 0.415. The lowest BCUT2D eigenvalue weighted by molar-refractivity contribution is 0.396. The number of ether oxygens (including phenoxy) is 1. The Balaban J connectivity index is 2.90. The second-order valence-corrected chi connectivity index (χ2v) is 3.45. The number of hydrogen-bond acceptors (Lipinski definition) is 3. The van der Waals surface area contributed by atoms with Gasteiger partial charge < -0.3 is 4.74 Å². The molecule has 0 bridgehead atoms. The second kappa shape index (κ2) is 4.19. The van der Waals surface area contributed by atoms with Crippen LogP contribution in [-0.2, 0) is 6.42 Å². The summed E-state index contributed by atoms with van der Waals surface area (Å²) in [6.45, 7) is 2.04. The van der Waals surface area contributed by atoms with E-state index in [0.717, 1.165) is 22.9 Å². The van der Waals surface area contributed by atoms with Crippen LogP contribution in [0.4, 0.5) is 0 Å². The van der Waals surface area contributed by atoms with Crippen LogP contribution in [0.1, 0.15) is 18.2 Å². The van der Waals surface area contributed by atoms with E-state index in [4.69, 9.17) is 10.00 Å². The summed E-state index contributed by atoms with van der Waals surface area (Å²) in [6, 6.07) is 9.94.